The highest BCUT2D eigenvalue weighted by atomic mass is 17.1. The largest absolute Gasteiger partial charge is 0.390 e. The predicted octanol–water partition coefficient (Wildman–Crippen LogP) is 2.07. The van der Waals surface area contributed by atoms with Gasteiger partial charge in [-0.15, -0.1) is 0 Å². The maximum absolute atomic E-state index is 9.49. The highest BCUT2D eigenvalue weighted by Crippen LogP contribution is 2.20. The van der Waals surface area contributed by atoms with Crippen LogP contribution in [0.2, 0.25) is 0 Å². The summed E-state index contributed by atoms with van der Waals surface area (Å²) in [5.74, 6) is 0.129. The molecule has 15 heavy (non-hydrogen) atoms. The molecule has 0 saturated heterocycles. The minimum atomic E-state index is -0.597. The summed E-state index contributed by atoms with van der Waals surface area (Å²) in [6, 6.07) is 0. The first-order chi connectivity index (χ1) is 6.93. The molecule has 0 fully saturated rings. The smallest absolute Gasteiger partial charge is 0.108 e. The Labute approximate surface area is 92.1 Å². The molecule has 0 spiro atoms. The van der Waals surface area contributed by atoms with Gasteiger partial charge in [-0.2, -0.15) is 0 Å². The van der Waals surface area contributed by atoms with Gasteiger partial charge in [-0.25, -0.2) is 4.89 Å². The third kappa shape index (κ3) is 6.84. The molecule has 4 nitrogen and oxygen atoms in total. The average molecular weight is 220 g/mol. The van der Waals surface area contributed by atoms with E-state index < -0.39 is 6.10 Å². The van der Waals surface area contributed by atoms with Gasteiger partial charge in [0.25, 0.3) is 0 Å². The second-order valence-corrected chi connectivity index (χ2v) is 4.70. The monoisotopic (exact) mass is 220 g/mol. The summed E-state index contributed by atoms with van der Waals surface area (Å²) >= 11 is 0. The molecular formula is C11H24O4. The van der Waals surface area contributed by atoms with E-state index in [1.54, 1.807) is 7.11 Å². The highest BCUT2D eigenvalue weighted by molar-refractivity contribution is 4.70. The number of hydrogen-bond acceptors (Lipinski definition) is 4. The Hall–Kier alpha value is -0.160. The Balaban J connectivity index is 3.67. The van der Waals surface area contributed by atoms with E-state index in [2.05, 4.69) is 4.89 Å². The Morgan fingerprint density at radius 1 is 1.33 bits per heavy atom. The lowest BCUT2D eigenvalue weighted by molar-refractivity contribution is -0.260. The fourth-order valence-electron chi connectivity index (χ4n) is 1.38. The zero-order valence-corrected chi connectivity index (χ0v) is 10.2. The summed E-state index contributed by atoms with van der Waals surface area (Å²) in [6.07, 6.45) is 2.25. The molecule has 0 aliphatic carbocycles. The fraction of sp³-hybridized carbons (Fsp3) is 1.00. The summed E-state index contributed by atoms with van der Waals surface area (Å²) < 4.78 is 5.30. The van der Waals surface area contributed by atoms with Gasteiger partial charge < -0.3 is 9.84 Å². The SMILES string of the molecule is COC(C)(C)CCCC(C)C(O)COO. The molecule has 4 heteroatoms. The number of aliphatic hydroxyl groups is 1. The first-order valence-electron chi connectivity index (χ1n) is 5.42. The van der Waals surface area contributed by atoms with Crippen LogP contribution >= 0.6 is 0 Å². The maximum atomic E-state index is 9.49. The third-order valence-corrected chi connectivity index (χ3v) is 2.89. The van der Waals surface area contributed by atoms with Crippen LogP contribution in [0.4, 0.5) is 0 Å². The van der Waals surface area contributed by atoms with Gasteiger partial charge in [0.2, 0.25) is 0 Å². The summed E-state index contributed by atoms with van der Waals surface area (Å²) in [5, 5.41) is 17.7. The van der Waals surface area contributed by atoms with Crippen molar-refractivity contribution in [2.45, 2.75) is 51.7 Å². The van der Waals surface area contributed by atoms with Crippen LogP contribution in [0.15, 0.2) is 0 Å². The maximum Gasteiger partial charge on any atom is 0.108 e. The molecule has 0 bridgehead atoms. The molecule has 0 aliphatic rings. The van der Waals surface area contributed by atoms with Crippen molar-refractivity contribution in [2.75, 3.05) is 13.7 Å². The summed E-state index contributed by atoms with van der Waals surface area (Å²) in [6.45, 7) is 6.02. The molecule has 0 radical (unpaired) electrons. The molecule has 0 aromatic carbocycles. The third-order valence-electron chi connectivity index (χ3n) is 2.89. The van der Waals surface area contributed by atoms with Gasteiger partial charge in [0.05, 0.1) is 11.7 Å². The zero-order chi connectivity index (χ0) is 11.9. The molecule has 2 unspecified atom stereocenters. The van der Waals surface area contributed by atoms with Gasteiger partial charge in [-0.3, -0.25) is 5.26 Å². The van der Waals surface area contributed by atoms with Crippen molar-refractivity contribution in [1.29, 1.82) is 0 Å². The van der Waals surface area contributed by atoms with Crippen LogP contribution in [0.1, 0.15) is 40.0 Å². The second-order valence-electron chi connectivity index (χ2n) is 4.70. The van der Waals surface area contributed by atoms with Crippen LogP contribution in [0.3, 0.4) is 0 Å². The average Bonchev–Trinajstić information content (AvgIpc) is 2.18. The van der Waals surface area contributed by atoms with E-state index in [4.69, 9.17) is 9.99 Å². The minimum absolute atomic E-state index is 0.0190. The number of hydrogen-bond donors (Lipinski definition) is 2. The van der Waals surface area contributed by atoms with Crippen molar-refractivity contribution < 1.29 is 20.0 Å². The van der Waals surface area contributed by atoms with Gasteiger partial charge >= 0.3 is 0 Å². The van der Waals surface area contributed by atoms with E-state index in [1.807, 2.05) is 20.8 Å². The van der Waals surface area contributed by atoms with Crippen LogP contribution in [0, 0.1) is 5.92 Å². The van der Waals surface area contributed by atoms with Crippen LogP contribution in [0.5, 0.6) is 0 Å². The van der Waals surface area contributed by atoms with Crippen molar-refractivity contribution in [3.63, 3.8) is 0 Å². The topological polar surface area (TPSA) is 58.9 Å². The standard InChI is InChI=1S/C11H24O4/c1-9(10(12)8-15-13)6-5-7-11(2,3)14-4/h9-10,12-13H,5-8H2,1-4H3. The fourth-order valence-corrected chi connectivity index (χ4v) is 1.38. The number of aliphatic hydroxyl groups excluding tert-OH is 1. The molecule has 2 atom stereocenters. The minimum Gasteiger partial charge on any atom is -0.390 e. The van der Waals surface area contributed by atoms with Crippen molar-refractivity contribution in [1.82, 2.24) is 0 Å². The molecule has 0 rings (SSSR count). The summed E-state index contributed by atoms with van der Waals surface area (Å²) in [5.41, 5.74) is -0.0991. The molecule has 0 aromatic heterocycles. The Bertz CT molecular complexity index is 159. The second kappa shape index (κ2) is 7.17. The van der Waals surface area contributed by atoms with E-state index in [0.29, 0.717) is 0 Å². The van der Waals surface area contributed by atoms with E-state index >= 15 is 0 Å². The van der Waals surface area contributed by atoms with E-state index in [1.165, 1.54) is 0 Å². The normalized spacial score (nSPS) is 16.4. The molecule has 92 valence electrons. The van der Waals surface area contributed by atoms with Crippen LogP contribution in [-0.4, -0.2) is 35.8 Å². The molecule has 0 heterocycles. The Kier molecular flexibility index (Phi) is 7.09. The molecule has 2 N–H and O–H groups in total. The van der Waals surface area contributed by atoms with E-state index in [-0.39, 0.29) is 18.1 Å². The van der Waals surface area contributed by atoms with Crippen molar-refractivity contribution in [3.8, 4) is 0 Å². The van der Waals surface area contributed by atoms with E-state index in [0.717, 1.165) is 19.3 Å². The van der Waals surface area contributed by atoms with Gasteiger partial charge in [0, 0.05) is 7.11 Å². The van der Waals surface area contributed by atoms with Gasteiger partial charge in [0.1, 0.15) is 6.61 Å². The summed E-state index contributed by atoms with van der Waals surface area (Å²) in [4.78, 5) is 3.92. The molecular weight excluding hydrogens is 196 g/mol. The first-order valence-corrected chi connectivity index (χ1v) is 5.42. The first kappa shape index (κ1) is 14.8. The van der Waals surface area contributed by atoms with Crippen molar-refractivity contribution >= 4 is 0 Å². The van der Waals surface area contributed by atoms with Crippen molar-refractivity contribution in [3.05, 3.63) is 0 Å². The van der Waals surface area contributed by atoms with E-state index in [9.17, 15) is 5.11 Å². The predicted molar refractivity (Wildman–Crippen MR) is 58.7 cm³/mol. The van der Waals surface area contributed by atoms with Crippen LogP contribution in [-0.2, 0) is 9.62 Å². The van der Waals surface area contributed by atoms with Gasteiger partial charge in [-0.05, 0) is 32.6 Å². The number of methoxy groups -OCH3 is 1. The molecule has 0 saturated carbocycles. The summed E-state index contributed by atoms with van der Waals surface area (Å²) in [7, 11) is 1.71. The number of rotatable bonds is 8. The Morgan fingerprint density at radius 3 is 2.40 bits per heavy atom. The molecule has 0 aliphatic heterocycles. The number of ether oxygens (including phenoxy) is 1. The van der Waals surface area contributed by atoms with Crippen molar-refractivity contribution in [2.24, 2.45) is 5.92 Å². The molecule has 0 amide bonds. The zero-order valence-electron chi connectivity index (χ0n) is 10.2. The molecule has 0 aromatic rings. The highest BCUT2D eigenvalue weighted by Gasteiger charge is 2.18. The lowest BCUT2D eigenvalue weighted by Crippen LogP contribution is -2.25. The van der Waals surface area contributed by atoms with Gasteiger partial charge in [0.15, 0.2) is 0 Å². The van der Waals surface area contributed by atoms with Crippen LogP contribution < -0.4 is 0 Å². The lowest BCUT2D eigenvalue weighted by Gasteiger charge is -2.24. The lowest BCUT2D eigenvalue weighted by atomic mass is 9.94. The Morgan fingerprint density at radius 2 is 1.93 bits per heavy atom. The van der Waals surface area contributed by atoms with Gasteiger partial charge in [-0.1, -0.05) is 13.3 Å². The quantitative estimate of drug-likeness (QED) is 0.485. The van der Waals surface area contributed by atoms with Crippen LogP contribution in [0.25, 0.3) is 0 Å².